The minimum absolute atomic E-state index is 0. The maximum atomic E-state index is 5.48. The van der Waals surface area contributed by atoms with Gasteiger partial charge in [-0.25, -0.2) is 4.99 Å². The van der Waals surface area contributed by atoms with Crippen LogP contribution < -0.4 is 14.5 Å². The molecule has 30 heavy (non-hydrogen) atoms. The number of fused-ring (bicyclic) bond motifs is 3. The van der Waals surface area contributed by atoms with Crippen molar-refractivity contribution in [2.45, 2.75) is 6.04 Å². The number of para-hydroxylation sites is 2. The molecule has 0 aliphatic carbocycles. The van der Waals surface area contributed by atoms with Gasteiger partial charge in [0, 0.05) is 26.2 Å². The molecule has 162 valence electrons. The predicted molar refractivity (Wildman–Crippen MR) is 126 cm³/mol. The van der Waals surface area contributed by atoms with Crippen LogP contribution in [0.3, 0.4) is 0 Å². The van der Waals surface area contributed by atoms with Crippen molar-refractivity contribution in [2.75, 3.05) is 62.8 Å². The quantitative estimate of drug-likeness (QED) is 0.695. The second kappa shape index (κ2) is 9.88. The monoisotopic (exact) mass is 450 g/mol. The summed E-state index contributed by atoms with van der Waals surface area (Å²) in [7, 11) is 1.70. The fourth-order valence-electron chi connectivity index (χ4n) is 4.25. The highest BCUT2D eigenvalue weighted by Crippen LogP contribution is 2.42. The molecule has 0 bridgehead atoms. The number of anilines is 2. The van der Waals surface area contributed by atoms with Crippen LogP contribution >= 0.6 is 24.8 Å². The number of nitrogens with zero attached hydrogens (tertiary/aromatic N) is 4. The molecule has 5 rings (SSSR count). The second-order valence-electron chi connectivity index (χ2n) is 7.42. The topological polar surface area (TPSA) is 40.5 Å². The lowest BCUT2D eigenvalue weighted by Crippen LogP contribution is -2.44. The third kappa shape index (κ3) is 4.23. The first-order valence-corrected chi connectivity index (χ1v) is 9.99. The molecular weight excluding hydrogens is 423 g/mol. The minimum Gasteiger partial charge on any atom is -0.497 e. The normalized spacial score (nSPS) is 20.0. The zero-order valence-electron chi connectivity index (χ0n) is 17.1. The van der Waals surface area contributed by atoms with Gasteiger partial charge in [-0.15, -0.1) is 24.8 Å². The number of hydrogen-bond acceptors (Lipinski definition) is 6. The van der Waals surface area contributed by atoms with E-state index in [1.165, 1.54) is 16.9 Å². The number of aliphatic imine (C=N–C) groups is 1. The number of ether oxygens (including phenoxy) is 2. The summed E-state index contributed by atoms with van der Waals surface area (Å²) in [6.07, 6.45) is 0. The second-order valence-corrected chi connectivity index (χ2v) is 7.42. The maximum Gasteiger partial charge on any atom is 0.206 e. The van der Waals surface area contributed by atoms with Crippen LogP contribution in [0, 0.1) is 0 Å². The van der Waals surface area contributed by atoms with E-state index in [0.29, 0.717) is 0 Å². The molecule has 8 heteroatoms. The van der Waals surface area contributed by atoms with Gasteiger partial charge in [-0.3, -0.25) is 4.90 Å². The van der Waals surface area contributed by atoms with E-state index in [4.69, 9.17) is 14.5 Å². The molecule has 0 N–H and O–H groups in total. The lowest BCUT2D eigenvalue weighted by Gasteiger charge is -2.29. The summed E-state index contributed by atoms with van der Waals surface area (Å²) in [4.78, 5) is 12.3. The van der Waals surface area contributed by atoms with Crippen molar-refractivity contribution in [3.8, 4) is 5.75 Å². The first-order chi connectivity index (χ1) is 13.8. The van der Waals surface area contributed by atoms with E-state index >= 15 is 0 Å². The van der Waals surface area contributed by atoms with Crippen LogP contribution in [0.5, 0.6) is 5.75 Å². The summed E-state index contributed by atoms with van der Waals surface area (Å²) in [5.74, 6) is 1.96. The Morgan fingerprint density at radius 1 is 0.967 bits per heavy atom. The summed E-state index contributed by atoms with van der Waals surface area (Å²) >= 11 is 0. The van der Waals surface area contributed by atoms with Crippen LogP contribution in [0.2, 0.25) is 0 Å². The number of methoxy groups -OCH3 is 1. The Balaban J connectivity index is 0.00000128. The molecule has 0 saturated carbocycles. The van der Waals surface area contributed by atoms with Crippen molar-refractivity contribution in [2.24, 2.45) is 4.99 Å². The molecule has 1 fully saturated rings. The molecule has 0 spiro atoms. The van der Waals surface area contributed by atoms with Crippen molar-refractivity contribution in [1.82, 2.24) is 4.90 Å². The van der Waals surface area contributed by atoms with Crippen molar-refractivity contribution in [3.05, 3.63) is 54.1 Å². The smallest absolute Gasteiger partial charge is 0.206 e. The van der Waals surface area contributed by atoms with E-state index in [-0.39, 0.29) is 30.9 Å². The molecule has 0 amide bonds. The molecule has 0 radical (unpaired) electrons. The molecule has 3 aliphatic heterocycles. The van der Waals surface area contributed by atoms with Gasteiger partial charge in [0.1, 0.15) is 5.75 Å². The fourth-order valence-corrected chi connectivity index (χ4v) is 4.25. The summed E-state index contributed by atoms with van der Waals surface area (Å²) in [6, 6.07) is 17.1. The number of benzene rings is 2. The maximum absolute atomic E-state index is 5.48. The van der Waals surface area contributed by atoms with E-state index in [1.54, 1.807) is 7.11 Å². The Morgan fingerprint density at radius 2 is 1.67 bits per heavy atom. The minimum atomic E-state index is 0. The van der Waals surface area contributed by atoms with Crippen LogP contribution in [-0.2, 0) is 4.74 Å². The third-order valence-electron chi connectivity index (χ3n) is 5.82. The Morgan fingerprint density at radius 3 is 2.37 bits per heavy atom. The van der Waals surface area contributed by atoms with Gasteiger partial charge >= 0.3 is 0 Å². The summed E-state index contributed by atoms with van der Waals surface area (Å²) in [6.45, 7) is 6.55. The van der Waals surface area contributed by atoms with E-state index in [1.807, 2.05) is 12.1 Å². The highest BCUT2D eigenvalue weighted by molar-refractivity contribution is 6.17. The highest BCUT2D eigenvalue weighted by atomic mass is 35.5. The van der Waals surface area contributed by atoms with Gasteiger partial charge in [-0.05, 0) is 29.8 Å². The molecule has 1 saturated heterocycles. The summed E-state index contributed by atoms with van der Waals surface area (Å²) in [5, 5.41) is 0. The van der Waals surface area contributed by atoms with Crippen molar-refractivity contribution in [3.63, 3.8) is 0 Å². The third-order valence-corrected chi connectivity index (χ3v) is 5.82. The molecule has 1 unspecified atom stereocenters. The molecule has 2 aromatic carbocycles. The molecule has 6 nitrogen and oxygen atoms in total. The number of hydrogen-bond donors (Lipinski definition) is 0. The molecule has 0 aromatic heterocycles. The number of morpholine rings is 1. The predicted octanol–water partition coefficient (Wildman–Crippen LogP) is 3.61. The van der Waals surface area contributed by atoms with Gasteiger partial charge in [0.2, 0.25) is 5.96 Å². The zero-order valence-corrected chi connectivity index (χ0v) is 18.7. The van der Waals surface area contributed by atoms with Crippen LogP contribution in [0.25, 0.3) is 0 Å². The van der Waals surface area contributed by atoms with Crippen LogP contribution in [0.15, 0.2) is 53.5 Å². The Labute approximate surface area is 190 Å². The molecule has 1 atom stereocenters. The van der Waals surface area contributed by atoms with Crippen molar-refractivity contribution < 1.29 is 9.47 Å². The Bertz CT molecular complexity index is 872. The van der Waals surface area contributed by atoms with E-state index in [0.717, 1.165) is 57.6 Å². The number of rotatable bonds is 5. The van der Waals surface area contributed by atoms with Crippen LogP contribution in [-0.4, -0.2) is 63.9 Å². The van der Waals surface area contributed by atoms with Crippen molar-refractivity contribution >= 4 is 42.1 Å². The van der Waals surface area contributed by atoms with Gasteiger partial charge in [0.15, 0.2) is 0 Å². The lowest BCUT2D eigenvalue weighted by atomic mass is 10.1. The van der Waals surface area contributed by atoms with Gasteiger partial charge in [0.25, 0.3) is 0 Å². The van der Waals surface area contributed by atoms with Crippen LogP contribution in [0.1, 0.15) is 11.6 Å². The standard InChI is InChI=1S/C22H26N4O2.2ClH/c1-27-18-8-6-17(7-9-18)19-16-26-21-5-3-2-4-20(21)25(22(26)23-19)11-10-24-12-14-28-15-13-24;;/h2-9,19H,10-16H2,1H3;2*1H. The molecule has 3 heterocycles. The molecule has 3 aliphatic rings. The summed E-state index contributed by atoms with van der Waals surface area (Å²) in [5.41, 5.74) is 3.76. The van der Waals surface area contributed by atoms with Gasteiger partial charge in [0.05, 0.1) is 44.3 Å². The van der Waals surface area contributed by atoms with Crippen LogP contribution in [0.4, 0.5) is 11.4 Å². The number of halogens is 2. The van der Waals surface area contributed by atoms with Gasteiger partial charge in [-0.2, -0.15) is 0 Å². The molecular formula is C22H28Cl2N4O2. The average Bonchev–Trinajstić information content (AvgIpc) is 3.31. The highest BCUT2D eigenvalue weighted by Gasteiger charge is 2.38. The lowest BCUT2D eigenvalue weighted by molar-refractivity contribution is 0.0395. The largest absolute Gasteiger partial charge is 0.497 e. The molecule has 2 aromatic rings. The first kappa shape index (κ1) is 22.7. The number of guanidine groups is 1. The SMILES string of the molecule is COc1ccc(C2CN3C(=N2)N(CCN2CCOCC2)c2ccccc23)cc1.Cl.Cl. The van der Waals surface area contributed by atoms with E-state index < -0.39 is 0 Å². The van der Waals surface area contributed by atoms with E-state index in [2.05, 4.69) is 51.1 Å². The van der Waals surface area contributed by atoms with E-state index in [9.17, 15) is 0 Å². The first-order valence-electron chi connectivity index (χ1n) is 9.99. The zero-order chi connectivity index (χ0) is 18.9. The Kier molecular flexibility index (Phi) is 7.47. The van der Waals surface area contributed by atoms with Crippen molar-refractivity contribution in [1.29, 1.82) is 0 Å². The fraction of sp³-hybridized carbons (Fsp3) is 0.409. The summed E-state index contributed by atoms with van der Waals surface area (Å²) < 4.78 is 10.8. The average molecular weight is 451 g/mol. The van der Waals surface area contributed by atoms with Gasteiger partial charge in [-0.1, -0.05) is 24.3 Å². The van der Waals surface area contributed by atoms with Gasteiger partial charge < -0.3 is 19.3 Å². The Hall–Kier alpha value is -1.99.